The van der Waals surface area contributed by atoms with Crippen LogP contribution in [0.25, 0.3) is 0 Å². The van der Waals surface area contributed by atoms with Crippen molar-refractivity contribution < 1.29 is 9.53 Å². The third kappa shape index (κ3) is 3.07. The summed E-state index contributed by atoms with van der Waals surface area (Å²) in [6, 6.07) is 3.14. The van der Waals surface area contributed by atoms with Gasteiger partial charge in [-0.15, -0.1) is 0 Å². The molecule has 0 bridgehead atoms. The number of rotatable bonds is 3. The van der Waals surface area contributed by atoms with Gasteiger partial charge in [0.05, 0.1) is 26.7 Å². The lowest BCUT2D eigenvalue weighted by Crippen LogP contribution is -2.23. The minimum absolute atomic E-state index is 0.317. The molecule has 1 aromatic carbocycles. The Morgan fingerprint density at radius 2 is 1.84 bits per heavy atom. The highest BCUT2D eigenvalue weighted by Gasteiger charge is 2.31. The van der Waals surface area contributed by atoms with E-state index in [9.17, 15) is 4.79 Å². The van der Waals surface area contributed by atoms with Crippen LogP contribution in [0.3, 0.4) is 0 Å². The number of hydrogen-bond acceptors (Lipinski definition) is 4. The Hall–Kier alpha value is -0.710. The highest BCUT2D eigenvalue weighted by molar-refractivity contribution is 7.98. The second kappa shape index (κ2) is 5.35. The number of esters is 1. The fraction of sp³-hybridized carbons (Fsp3) is 0.385. The van der Waals surface area contributed by atoms with Crippen molar-refractivity contribution in [1.29, 1.82) is 0 Å². The van der Waals surface area contributed by atoms with E-state index in [4.69, 9.17) is 27.9 Å². The van der Waals surface area contributed by atoms with Crippen molar-refractivity contribution in [1.82, 2.24) is 0 Å². The van der Waals surface area contributed by atoms with Crippen LogP contribution in [-0.2, 0) is 4.74 Å². The van der Waals surface area contributed by atoms with Gasteiger partial charge in [-0.25, -0.2) is 9.79 Å². The van der Waals surface area contributed by atoms with Crippen LogP contribution >= 0.6 is 35.0 Å². The molecule has 0 unspecified atom stereocenters. The molecule has 0 fully saturated rings. The molecule has 0 radical (unpaired) electrons. The van der Waals surface area contributed by atoms with Crippen molar-refractivity contribution in [2.75, 3.05) is 12.0 Å². The maximum absolute atomic E-state index is 11.8. The summed E-state index contributed by atoms with van der Waals surface area (Å²) in [5, 5.41) is 0.719. The fourth-order valence-corrected chi connectivity index (χ4v) is 2.93. The number of ether oxygens (including phenoxy) is 1. The Labute approximate surface area is 126 Å². The molecule has 1 aliphatic rings. The van der Waals surface area contributed by atoms with E-state index in [1.165, 1.54) is 6.07 Å². The van der Waals surface area contributed by atoms with Crippen LogP contribution in [0.5, 0.6) is 0 Å². The molecule has 1 heterocycles. The molecule has 0 saturated carbocycles. The van der Waals surface area contributed by atoms with Gasteiger partial charge in [-0.05, 0) is 32.2 Å². The second-order valence-electron chi connectivity index (χ2n) is 4.86. The first kappa shape index (κ1) is 14.7. The first-order chi connectivity index (χ1) is 8.84. The van der Waals surface area contributed by atoms with Gasteiger partial charge in [0.25, 0.3) is 0 Å². The van der Waals surface area contributed by atoms with E-state index in [1.54, 1.807) is 17.8 Å². The Morgan fingerprint density at radius 1 is 1.26 bits per heavy atom. The number of hydrogen-bond donors (Lipinski definition) is 0. The van der Waals surface area contributed by atoms with Gasteiger partial charge in [0.1, 0.15) is 0 Å². The van der Waals surface area contributed by atoms with Gasteiger partial charge in [-0.3, -0.25) is 0 Å². The maximum Gasteiger partial charge on any atom is 0.345 e. The van der Waals surface area contributed by atoms with Crippen molar-refractivity contribution in [3.05, 3.63) is 33.3 Å². The number of halogens is 2. The Balaban J connectivity index is 2.47. The Kier molecular flexibility index (Phi) is 4.14. The molecule has 102 valence electrons. The van der Waals surface area contributed by atoms with E-state index in [1.807, 2.05) is 20.1 Å². The molecule has 1 aliphatic heterocycles. The molecule has 0 saturated heterocycles. The summed E-state index contributed by atoms with van der Waals surface area (Å²) in [5.74, 6) is 0.704. The molecule has 0 atom stereocenters. The predicted octanol–water partition coefficient (Wildman–Crippen LogP) is 4.05. The number of carbonyl (C=O) groups excluding carboxylic acids is 1. The van der Waals surface area contributed by atoms with Gasteiger partial charge in [-0.2, -0.15) is 11.8 Å². The highest BCUT2D eigenvalue weighted by atomic mass is 35.5. The zero-order valence-corrected chi connectivity index (χ0v) is 13.1. The monoisotopic (exact) mass is 317 g/mol. The lowest BCUT2D eigenvalue weighted by molar-refractivity contribution is 0.0736. The zero-order valence-electron chi connectivity index (χ0n) is 10.8. The molecule has 0 N–H and O–H groups in total. The van der Waals surface area contributed by atoms with Crippen molar-refractivity contribution >= 4 is 46.8 Å². The van der Waals surface area contributed by atoms with Crippen LogP contribution in [-0.4, -0.2) is 29.4 Å². The van der Waals surface area contributed by atoms with E-state index in [0.717, 1.165) is 5.75 Å². The third-order valence-corrected chi connectivity index (χ3v) is 4.32. The quantitative estimate of drug-likeness (QED) is 0.789. The topological polar surface area (TPSA) is 38.7 Å². The van der Waals surface area contributed by atoms with E-state index < -0.39 is 5.97 Å². The van der Waals surface area contributed by atoms with Crippen molar-refractivity contribution in [2.24, 2.45) is 4.99 Å². The molecule has 1 aromatic rings. The van der Waals surface area contributed by atoms with E-state index >= 15 is 0 Å². The fourth-order valence-electron chi connectivity index (χ4n) is 1.83. The van der Waals surface area contributed by atoms with E-state index in [-0.39, 0.29) is 5.54 Å². The van der Waals surface area contributed by atoms with Crippen molar-refractivity contribution in [3.63, 3.8) is 0 Å². The van der Waals surface area contributed by atoms with Gasteiger partial charge >= 0.3 is 5.97 Å². The van der Waals surface area contributed by atoms with Crippen molar-refractivity contribution in [3.8, 4) is 0 Å². The van der Waals surface area contributed by atoms with Crippen LogP contribution in [0.15, 0.2) is 17.1 Å². The van der Waals surface area contributed by atoms with Gasteiger partial charge in [0, 0.05) is 5.75 Å². The van der Waals surface area contributed by atoms with E-state index in [2.05, 4.69) is 4.99 Å². The van der Waals surface area contributed by atoms with Gasteiger partial charge < -0.3 is 4.74 Å². The lowest BCUT2D eigenvalue weighted by Gasteiger charge is -2.18. The number of nitrogens with zero attached hydrogens (tertiary/aromatic N) is 1. The summed E-state index contributed by atoms with van der Waals surface area (Å²) in [6.45, 7) is 3.97. The maximum atomic E-state index is 11.8. The highest BCUT2D eigenvalue weighted by Crippen LogP contribution is 2.31. The molecule has 0 aromatic heterocycles. The summed E-state index contributed by atoms with van der Waals surface area (Å²) < 4.78 is 5.21. The summed E-state index contributed by atoms with van der Waals surface area (Å²) in [5.41, 5.74) is 0.699. The first-order valence-corrected chi connectivity index (χ1v) is 7.79. The molecule has 0 amide bonds. The number of carbonyl (C=O) groups is 1. The van der Waals surface area contributed by atoms with Crippen LogP contribution < -0.4 is 0 Å². The standard InChI is InChI=1S/C13H13Cl2NO2S/c1-13(2,6-19-3)16-11-7-4-9(14)10(15)5-8(7)12(17)18-11/h4-5H,6H2,1-3H3/b16-11+. The summed E-state index contributed by atoms with van der Waals surface area (Å²) in [4.78, 5) is 16.3. The zero-order chi connectivity index (χ0) is 14.2. The average molecular weight is 318 g/mol. The molecule has 0 spiro atoms. The molecular formula is C13H13Cl2NO2S. The van der Waals surface area contributed by atoms with Crippen LogP contribution in [0.4, 0.5) is 0 Å². The number of benzene rings is 1. The molecule has 0 aliphatic carbocycles. The van der Waals surface area contributed by atoms with Gasteiger partial charge in [-0.1, -0.05) is 23.2 Å². The van der Waals surface area contributed by atoms with Gasteiger partial charge in [0.15, 0.2) is 0 Å². The molecule has 2 rings (SSSR count). The number of thioether (sulfide) groups is 1. The first-order valence-electron chi connectivity index (χ1n) is 5.64. The van der Waals surface area contributed by atoms with Gasteiger partial charge in [0.2, 0.25) is 5.90 Å². The second-order valence-corrected chi connectivity index (χ2v) is 6.54. The Morgan fingerprint density at radius 3 is 2.42 bits per heavy atom. The SMILES string of the molecule is CSCC(C)(C)/N=C1/OC(=O)c2cc(Cl)c(Cl)cc21. The van der Waals surface area contributed by atoms with E-state index in [0.29, 0.717) is 27.1 Å². The smallest absolute Gasteiger partial charge is 0.345 e. The summed E-state index contributed by atoms with van der Waals surface area (Å²) in [6.07, 6.45) is 2.01. The van der Waals surface area contributed by atoms with Crippen molar-refractivity contribution in [2.45, 2.75) is 19.4 Å². The molecule has 19 heavy (non-hydrogen) atoms. The predicted molar refractivity (Wildman–Crippen MR) is 80.9 cm³/mol. The largest absolute Gasteiger partial charge is 0.404 e. The lowest BCUT2D eigenvalue weighted by atomic mass is 10.1. The van der Waals surface area contributed by atoms with Crippen LogP contribution in [0, 0.1) is 0 Å². The molecule has 6 heteroatoms. The van der Waals surface area contributed by atoms with Crippen LogP contribution in [0.2, 0.25) is 10.0 Å². The summed E-state index contributed by atoms with van der Waals surface area (Å²) >= 11 is 13.6. The normalized spacial score (nSPS) is 16.7. The number of aliphatic imine (C=N–C) groups is 1. The number of fused-ring (bicyclic) bond motifs is 1. The minimum Gasteiger partial charge on any atom is -0.404 e. The molecule has 3 nitrogen and oxygen atoms in total. The Bertz CT molecular complexity index is 570. The van der Waals surface area contributed by atoms with Crippen LogP contribution in [0.1, 0.15) is 29.8 Å². The molecular weight excluding hydrogens is 305 g/mol. The minimum atomic E-state index is -0.438. The summed E-state index contributed by atoms with van der Waals surface area (Å²) in [7, 11) is 0. The third-order valence-electron chi connectivity index (χ3n) is 2.60. The average Bonchev–Trinajstić information content (AvgIpc) is 2.56. The number of cyclic esters (lactones) is 1.